The van der Waals surface area contributed by atoms with Crippen molar-refractivity contribution >= 4 is 35.6 Å². The fraction of sp³-hybridized carbons (Fsp3) is 0.500. The van der Waals surface area contributed by atoms with Crippen LogP contribution in [0, 0.1) is 0 Å². The molecule has 11 heteroatoms. The summed E-state index contributed by atoms with van der Waals surface area (Å²) in [7, 11) is 1.23. The SMILES string of the molecule is CCC(O)COC(=O)c1ccccc1C(=O)OCC(O)COC(=O)CSCC(=O)OC. The van der Waals surface area contributed by atoms with Gasteiger partial charge in [-0.25, -0.2) is 9.59 Å². The van der Waals surface area contributed by atoms with E-state index in [4.69, 9.17) is 14.2 Å². The van der Waals surface area contributed by atoms with Crippen molar-refractivity contribution in [2.45, 2.75) is 25.6 Å². The molecule has 0 spiro atoms. The fourth-order valence-electron chi connectivity index (χ4n) is 2.01. The normalized spacial score (nSPS) is 12.4. The Morgan fingerprint density at radius 1 is 0.839 bits per heavy atom. The van der Waals surface area contributed by atoms with Gasteiger partial charge in [0, 0.05) is 0 Å². The second kappa shape index (κ2) is 14.4. The minimum absolute atomic E-state index is 0.00891. The highest BCUT2D eigenvalue weighted by atomic mass is 32.2. The molecule has 1 aromatic carbocycles. The van der Waals surface area contributed by atoms with Crippen molar-refractivity contribution < 1.29 is 48.3 Å². The van der Waals surface area contributed by atoms with Crippen LogP contribution < -0.4 is 0 Å². The van der Waals surface area contributed by atoms with Crippen LogP contribution in [0.3, 0.4) is 0 Å². The van der Waals surface area contributed by atoms with E-state index in [-0.39, 0.29) is 29.2 Å². The fourth-order valence-corrected chi connectivity index (χ4v) is 2.65. The molecule has 2 N–H and O–H groups in total. The third-order valence-electron chi connectivity index (χ3n) is 3.76. The zero-order valence-electron chi connectivity index (χ0n) is 17.3. The Labute approximate surface area is 183 Å². The molecule has 0 saturated heterocycles. The second-order valence-corrected chi connectivity index (χ2v) is 7.20. The second-order valence-electron chi connectivity index (χ2n) is 6.21. The summed E-state index contributed by atoms with van der Waals surface area (Å²) in [4.78, 5) is 47.0. The van der Waals surface area contributed by atoms with Crippen LogP contribution in [0.5, 0.6) is 0 Å². The van der Waals surface area contributed by atoms with E-state index in [1.54, 1.807) is 6.92 Å². The van der Waals surface area contributed by atoms with Crippen molar-refractivity contribution in [1.29, 1.82) is 0 Å². The van der Waals surface area contributed by atoms with Gasteiger partial charge < -0.3 is 29.2 Å². The number of carbonyl (C=O) groups is 4. The van der Waals surface area contributed by atoms with Crippen LogP contribution in [0.15, 0.2) is 24.3 Å². The Morgan fingerprint density at radius 3 is 1.84 bits per heavy atom. The molecule has 0 saturated carbocycles. The maximum atomic E-state index is 12.3. The third-order valence-corrected chi connectivity index (χ3v) is 4.64. The Hall–Kier alpha value is -2.63. The molecule has 0 aliphatic carbocycles. The van der Waals surface area contributed by atoms with Gasteiger partial charge in [0.25, 0.3) is 0 Å². The molecule has 172 valence electrons. The van der Waals surface area contributed by atoms with Gasteiger partial charge in [-0.3, -0.25) is 9.59 Å². The van der Waals surface area contributed by atoms with Crippen LogP contribution in [-0.2, 0) is 28.5 Å². The molecule has 0 heterocycles. The van der Waals surface area contributed by atoms with Crippen LogP contribution in [0.25, 0.3) is 0 Å². The smallest absolute Gasteiger partial charge is 0.339 e. The zero-order valence-corrected chi connectivity index (χ0v) is 18.1. The van der Waals surface area contributed by atoms with Crippen LogP contribution >= 0.6 is 11.8 Å². The first kappa shape index (κ1) is 26.4. The molecule has 10 nitrogen and oxygen atoms in total. The maximum Gasteiger partial charge on any atom is 0.339 e. The summed E-state index contributed by atoms with van der Waals surface area (Å²) in [6.07, 6.45) is -1.68. The van der Waals surface area contributed by atoms with Gasteiger partial charge >= 0.3 is 23.9 Å². The van der Waals surface area contributed by atoms with Crippen LogP contribution in [-0.4, -0.2) is 84.7 Å². The molecule has 31 heavy (non-hydrogen) atoms. The molecule has 0 amide bonds. The maximum absolute atomic E-state index is 12.3. The first-order chi connectivity index (χ1) is 14.8. The van der Waals surface area contributed by atoms with Gasteiger partial charge in [0.2, 0.25) is 0 Å². The van der Waals surface area contributed by atoms with Crippen molar-refractivity contribution in [3.8, 4) is 0 Å². The number of ether oxygens (including phenoxy) is 4. The van der Waals surface area contributed by atoms with Gasteiger partial charge in [-0.1, -0.05) is 19.1 Å². The molecule has 0 aliphatic heterocycles. The minimum atomic E-state index is -1.28. The van der Waals surface area contributed by atoms with Crippen molar-refractivity contribution in [3.05, 3.63) is 35.4 Å². The molecule has 0 fully saturated rings. The van der Waals surface area contributed by atoms with E-state index in [0.29, 0.717) is 6.42 Å². The molecule has 2 atom stereocenters. The molecular formula is C20H26O10S. The number of aliphatic hydroxyl groups is 2. The van der Waals surface area contributed by atoms with E-state index < -0.39 is 49.3 Å². The topological polar surface area (TPSA) is 146 Å². The highest BCUT2D eigenvalue weighted by molar-refractivity contribution is 8.00. The first-order valence-electron chi connectivity index (χ1n) is 9.38. The van der Waals surface area contributed by atoms with Crippen molar-refractivity contribution in [1.82, 2.24) is 0 Å². The monoisotopic (exact) mass is 458 g/mol. The Morgan fingerprint density at radius 2 is 1.32 bits per heavy atom. The molecule has 0 radical (unpaired) electrons. The summed E-state index contributed by atoms with van der Waals surface area (Å²) in [5, 5.41) is 19.3. The molecular weight excluding hydrogens is 432 g/mol. The number of carbonyl (C=O) groups excluding carboxylic acids is 4. The number of thioether (sulfide) groups is 1. The molecule has 0 bridgehead atoms. The summed E-state index contributed by atoms with van der Waals surface area (Å²) in [6, 6.07) is 5.80. The lowest BCUT2D eigenvalue weighted by atomic mass is 10.1. The van der Waals surface area contributed by atoms with E-state index in [0.717, 1.165) is 11.8 Å². The van der Waals surface area contributed by atoms with Crippen LogP contribution in [0.1, 0.15) is 34.1 Å². The number of hydrogen-bond acceptors (Lipinski definition) is 11. The summed E-state index contributed by atoms with van der Waals surface area (Å²) >= 11 is 0.997. The number of methoxy groups -OCH3 is 1. The average molecular weight is 458 g/mol. The molecule has 1 rings (SSSR count). The Bertz CT molecular complexity index is 751. The molecule has 1 aromatic rings. The number of esters is 4. The minimum Gasteiger partial charge on any atom is -0.468 e. The third kappa shape index (κ3) is 10.3. The first-order valence-corrected chi connectivity index (χ1v) is 10.5. The van der Waals surface area contributed by atoms with E-state index in [1.807, 2.05) is 0 Å². The lowest BCUT2D eigenvalue weighted by Crippen LogP contribution is -2.26. The van der Waals surface area contributed by atoms with E-state index in [1.165, 1.54) is 31.4 Å². The van der Waals surface area contributed by atoms with Gasteiger partial charge in [-0.05, 0) is 18.6 Å². The summed E-state index contributed by atoms with van der Waals surface area (Å²) in [5.74, 6) is -2.91. The average Bonchev–Trinajstić information content (AvgIpc) is 2.78. The molecule has 0 aromatic heterocycles. The van der Waals surface area contributed by atoms with Gasteiger partial charge in [0.05, 0.1) is 35.8 Å². The van der Waals surface area contributed by atoms with Gasteiger partial charge in [0.15, 0.2) is 0 Å². The predicted molar refractivity (Wildman–Crippen MR) is 110 cm³/mol. The number of aliphatic hydroxyl groups excluding tert-OH is 2. The lowest BCUT2D eigenvalue weighted by molar-refractivity contribution is -0.144. The van der Waals surface area contributed by atoms with Crippen molar-refractivity contribution in [3.63, 3.8) is 0 Å². The van der Waals surface area contributed by atoms with Crippen LogP contribution in [0.2, 0.25) is 0 Å². The van der Waals surface area contributed by atoms with Gasteiger partial charge in [-0.15, -0.1) is 11.8 Å². The lowest BCUT2D eigenvalue weighted by Gasteiger charge is -2.14. The molecule has 0 aliphatic rings. The number of rotatable bonds is 13. The van der Waals surface area contributed by atoms with E-state index in [9.17, 15) is 29.4 Å². The Kier molecular flexibility index (Phi) is 12.3. The standard InChI is InChI=1S/C20H26O10S/c1-3-13(21)8-29-19(25)15-6-4-5-7-16(15)20(26)30-10-14(22)9-28-18(24)12-31-11-17(23)27-2/h4-7,13-14,21-22H,3,8-12H2,1-2H3. The number of hydrogen-bond donors (Lipinski definition) is 2. The zero-order chi connectivity index (χ0) is 23.2. The van der Waals surface area contributed by atoms with Gasteiger partial charge in [-0.2, -0.15) is 0 Å². The highest BCUT2D eigenvalue weighted by Crippen LogP contribution is 2.13. The van der Waals surface area contributed by atoms with Gasteiger partial charge in [0.1, 0.15) is 25.9 Å². The van der Waals surface area contributed by atoms with Crippen LogP contribution in [0.4, 0.5) is 0 Å². The number of benzene rings is 1. The van der Waals surface area contributed by atoms with E-state index in [2.05, 4.69) is 4.74 Å². The van der Waals surface area contributed by atoms with E-state index >= 15 is 0 Å². The summed E-state index contributed by atoms with van der Waals surface area (Å²) in [6.45, 7) is 0.636. The highest BCUT2D eigenvalue weighted by Gasteiger charge is 2.21. The quantitative estimate of drug-likeness (QED) is 0.316. The Balaban J connectivity index is 2.47. The summed E-state index contributed by atoms with van der Waals surface area (Å²) in [5.41, 5.74) is -0.110. The largest absolute Gasteiger partial charge is 0.468 e. The van der Waals surface area contributed by atoms with Crippen molar-refractivity contribution in [2.24, 2.45) is 0 Å². The summed E-state index contributed by atoms with van der Waals surface area (Å²) < 4.78 is 19.2. The molecule has 2 unspecified atom stereocenters. The van der Waals surface area contributed by atoms with Crippen molar-refractivity contribution in [2.75, 3.05) is 38.4 Å². The predicted octanol–water partition coefficient (Wildman–Crippen LogP) is 0.581.